The number of esters is 1. The van der Waals surface area contributed by atoms with Crippen LogP contribution >= 0.6 is 11.3 Å². The highest BCUT2D eigenvalue weighted by Gasteiger charge is 2.22. The Balaban J connectivity index is 1.73. The molecule has 1 saturated heterocycles. The van der Waals surface area contributed by atoms with Crippen LogP contribution in [0.5, 0.6) is 0 Å². The van der Waals surface area contributed by atoms with Crippen molar-refractivity contribution in [3.63, 3.8) is 0 Å². The van der Waals surface area contributed by atoms with Gasteiger partial charge in [0.15, 0.2) is 6.61 Å². The molecule has 2 aromatic rings. The number of nitrogens with zero attached hydrogens (tertiary/aromatic N) is 1. The van der Waals surface area contributed by atoms with Crippen molar-refractivity contribution in [2.24, 2.45) is 0 Å². The van der Waals surface area contributed by atoms with E-state index in [2.05, 4.69) is 17.1 Å². The van der Waals surface area contributed by atoms with Gasteiger partial charge in [-0.3, -0.25) is 4.79 Å². The van der Waals surface area contributed by atoms with Crippen LogP contribution < -0.4 is 10.2 Å². The minimum absolute atomic E-state index is 0.256. The van der Waals surface area contributed by atoms with Crippen LogP contribution in [0.15, 0.2) is 36.4 Å². The van der Waals surface area contributed by atoms with Gasteiger partial charge in [0.1, 0.15) is 4.88 Å². The summed E-state index contributed by atoms with van der Waals surface area (Å²) >= 11 is 1.41. The Bertz CT molecular complexity index is 785. The van der Waals surface area contributed by atoms with E-state index in [4.69, 9.17) is 9.47 Å². The molecule has 28 heavy (non-hydrogen) atoms. The normalized spacial score (nSPS) is 14.0. The van der Waals surface area contributed by atoms with Crippen molar-refractivity contribution in [2.45, 2.75) is 19.8 Å². The standard InChI is InChI=1S/C21H26N2O4S/c1-2-3-9-22-19(24)15-27-21(25)18-14-17(16-7-5-4-6-8-16)20(28-18)23-10-12-26-13-11-23/h4-8,14H,2-3,9-13,15H2,1H3,(H,22,24). The number of unbranched alkanes of at least 4 members (excludes halogenated alkanes) is 1. The van der Waals surface area contributed by atoms with Crippen molar-refractivity contribution >= 4 is 28.2 Å². The average molecular weight is 403 g/mol. The third kappa shape index (κ3) is 5.33. The summed E-state index contributed by atoms with van der Waals surface area (Å²) in [6.07, 6.45) is 1.91. The summed E-state index contributed by atoms with van der Waals surface area (Å²) in [5.41, 5.74) is 2.06. The van der Waals surface area contributed by atoms with Crippen LogP contribution in [0.25, 0.3) is 11.1 Å². The number of rotatable bonds is 8. The average Bonchev–Trinajstić information content (AvgIpc) is 3.19. The van der Waals surface area contributed by atoms with Crippen molar-refractivity contribution in [2.75, 3.05) is 44.4 Å². The van der Waals surface area contributed by atoms with Crippen LogP contribution in [-0.4, -0.2) is 51.3 Å². The molecule has 0 spiro atoms. The lowest BCUT2D eigenvalue weighted by atomic mass is 10.1. The van der Waals surface area contributed by atoms with E-state index in [9.17, 15) is 9.59 Å². The maximum absolute atomic E-state index is 12.5. The molecule has 0 saturated carbocycles. The fourth-order valence-electron chi connectivity index (χ4n) is 2.97. The number of thiophene rings is 1. The molecule has 7 heteroatoms. The van der Waals surface area contributed by atoms with Gasteiger partial charge in [0.05, 0.1) is 18.2 Å². The van der Waals surface area contributed by atoms with E-state index in [1.807, 2.05) is 36.4 Å². The highest BCUT2D eigenvalue weighted by atomic mass is 32.1. The molecule has 0 bridgehead atoms. The van der Waals surface area contributed by atoms with Gasteiger partial charge in [-0.05, 0) is 18.1 Å². The Hall–Kier alpha value is -2.38. The van der Waals surface area contributed by atoms with Crippen LogP contribution in [0.3, 0.4) is 0 Å². The molecule has 1 aliphatic rings. The zero-order valence-electron chi connectivity index (χ0n) is 16.1. The van der Waals surface area contributed by atoms with Gasteiger partial charge in [0.2, 0.25) is 0 Å². The SMILES string of the molecule is CCCCNC(=O)COC(=O)c1cc(-c2ccccc2)c(N2CCOCC2)s1. The van der Waals surface area contributed by atoms with E-state index in [1.165, 1.54) is 11.3 Å². The zero-order chi connectivity index (χ0) is 19.8. The van der Waals surface area contributed by atoms with Gasteiger partial charge >= 0.3 is 5.97 Å². The third-order valence-corrected chi connectivity index (χ3v) is 5.66. The second kappa shape index (κ2) is 10.2. The van der Waals surface area contributed by atoms with Gasteiger partial charge in [0.25, 0.3) is 5.91 Å². The first-order chi connectivity index (χ1) is 13.7. The van der Waals surface area contributed by atoms with Gasteiger partial charge < -0.3 is 19.7 Å². The quantitative estimate of drug-likeness (QED) is 0.542. The molecule has 1 aromatic carbocycles. The molecular formula is C21H26N2O4S. The fourth-order valence-corrected chi connectivity index (χ4v) is 4.09. The zero-order valence-corrected chi connectivity index (χ0v) is 16.9. The molecule has 1 amide bonds. The number of nitrogens with one attached hydrogen (secondary N) is 1. The minimum Gasteiger partial charge on any atom is -0.451 e. The summed E-state index contributed by atoms with van der Waals surface area (Å²) in [5.74, 6) is -0.734. The molecule has 0 atom stereocenters. The molecular weight excluding hydrogens is 376 g/mol. The van der Waals surface area contributed by atoms with E-state index in [0.29, 0.717) is 24.6 Å². The Morgan fingerprint density at radius 3 is 2.68 bits per heavy atom. The summed E-state index contributed by atoms with van der Waals surface area (Å²) in [6, 6.07) is 11.9. The summed E-state index contributed by atoms with van der Waals surface area (Å²) in [7, 11) is 0. The second-order valence-corrected chi connectivity index (χ2v) is 7.61. The van der Waals surface area contributed by atoms with E-state index in [1.54, 1.807) is 0 Å². The molecule has 2 heterocycles. The van der Waals surface area contributed by atoms with Crippen LogP contribution in [0.4, 0.5) is 5.00 Å². The van der Waals surface area contributed by atoms with Gasteiger partial charge in [-0.15, -0.1) is 11.3 Å². The van der Waals surface area contributed by atoms with E-state index >= 15 is 0 Å². The number of carbonyl (C=O) groups excluding carboxylic acids is 2. The highest BCUT2D eigenvalue weighted by Crippen LogP contribution is 2.39. The van der Waals surface area contributed by atoms with Crippen LogP contribution in [-0.2, 0) is 14.3 Å². The largest absolute Gasteiger partial charge is 0.451 e. The van der Waals surface area contributed by atoms with Gasteiger partial charge in [0, 0.05) is 25.2 Å². The van der Waals surface area contributed by atoms with Crippen LogP contribution in [0.2, 0.25) is 0 Å². The molecule has 0 aliphatic carbocycles. The summed E-state index contributed by atoms with van der Waals surface area (Å²) in [6.45, 7) is 5.32. The number of benzene rings is 1. The lowest BCUT2D eigenvalue weighted by Gasteiger charge is -2.28. The van der Waals surface area contributed by atoms with Gasteiger partial charge in [-0.2, -0.15) is 0 Å². The number of ether oxygens (including phenoxy) is 2. The van der Waals surface area contributed by atoms with Crippen molar-refractivity contribution in [1.29, 1.82) is 0 Å². The molecule has 1 aliphatic heterocycles. The molecule has 1 fully saturated rings. The minimum atomic E-state index is -0.465. The first-order valence-electron chi connectivity index (χ1n) is 9.64. The first-order valence-corrected chi connectivity index (χ1v) is 10.5. The van der Waals surface area contributed by atoms with Crippen molar-refractivity contribution in [1.82, 2.24) is 5.32 Å². The van der Waals surface area contributed by atoms with Gasteiger partial charge in [-0.25, -0.2) is 4.79 Å². The lowest BCUT2D eigenvalue weighted by Crippen LogP contribution is -2.35. The Morgan fingerprint density at radius 1 is 1.21 bits per heavy atom. The van der Waals surface area contributed by atoms with E-state index in [0.717, 1.165) is 42.1 Å². The molecule has 6 nitrogen and oxygen atoms in total. The number of carbonyl (C=O) groups is 2. The van der Waals surface area contributed by atoms with Crippen molar-refractivity contribution in [3.05, 3.63) is 41.3 Å². The Labute approximate surface area is 169 Å². The fraction of sp³-hybridized carbons (Fsp3) is 0.429. The smallest absolute Gasteiger partial charge is 0.348 e. The maximum atomic E-state index is 12.5. The summed E-state index contributed by atoms with van der Waals surface area (Å²) in [4.78, 5) is 27.1. The van der Waals surface area contributed by atoms with Gasteiger partial charge in [-0.1, -0.05) is 43.7 Å². The lowest BCUT2D eigenvalue weighted by molar-refractivity contribution is -0.124. The number of anilines is 1. The molecule has 1 N–H and O–H groups in total. The molecule has 1 aromatic heterocycles. The molecule has 150 valence electrons. The third-order valence-electron chi connectivity index (χ3n) is 4.48. The highest BCUT2D eigenvalue weighted by molar-refractivity contribution is 7.18. The second-order valence-electron chi connectivity index (χ2n) is 6.57. The number of hydrogen-bond donors (Lipinski definition) is 1. The summed E-state index contributed by atoms with van der Waals surface area (Å²) in [5, 5.41) is 3.79. The predicted molar refractivity (Wildman–Crippen MR) is 111 cm³/mol. The predicted octanol–water partition coefficient (Wildman–Crippen LogP) is 3.32. The summed E-state index contributed by atoms with van der Waals surface area (Å²) < 4.78 is 10.7. The first kappa shape index (κ1) is 20.4. The Morgan fingerprint density at radius 2 is 1.96 bits per heavy atom. The monoisotopic (exact) mass is 402 g/mol. The van der Waals surface area contributed by atoms with Crippen LogP contribution in [0, 0.1) is 0 Å². The van der Waals surface area contributed by atoms with Crippen molar-refractivity contribution < 1.29 is 19.1 Å². The van der Waals surface area contributed by atoms with Crippen molar-refractivity contribution in [3.8, 4) is 11.1 Å². The number of morpholine rings is 1. The number of hydrogen-bond acceptors (Lipinski definition) is 6. The topological polar surface area (TPSA) is 67.9 Å². The Kier molecular flexibility index (Phi) is 7.45. The molecule has 0 unspecified atom stereocenters. The van der Waals surface area contributed by atoms with Crippen LogP contribution in [0.1, 0.15) is 29.4 Å². The molecule has 3 rings (SSSR count). The molecule has 0 radical (unpaired) electrons. The van der Waals surface area contributed by atoms with E-state index in [-0.39, 0.29) is 12.5 Å². The van der Waals surface area contributed by atoms with E-state index < -0.39 is 5.97 Å². The maximum Gasteiger partial charge on any atom is 0.348 e. The number of amides is 1.